The first-order valence-corrected chi connectivity index (χ1v) is 7.70. The molecule has 0 radical (unpaired) electrons. The second kappa shape index (κ2) is 6.29. The van der Waals surface area contributed by atoms with E-state index in [0.29, 0.717) is 17.5 Å². The predicted octanol–water partition coefficient (Wildman–Crippen LogP) is 4.61. The average molecular weight is 288 g/mol. The van der Waals surface area contributed by atoms with E-state index >= 15 is 0 Å². The predicted molar refractivity (Wildman–Crippen MR) is 85.0 cm³/mol. The molecule has 0 spiro atoms. The molecule has 1 atom stereocenters. The summed E-state index contributed by atoms with van der Waals surface area (Å²) in [7, 11) is 0. The molecule has 1 aromatic heterocycles. The van der Waals surface area contributed by atoms with E-state index in [1.807, 2.05) is 6.07 Å². The number of nitrogens with zero attached hydrogens (tertiary/aromatic N) is 2. The molecule has 0 aliphatic carbocycles. The van der Waals surface area contributed by atoms with Gasteiger partial charge < -0.3 is 9.67 Å². The van der Waals surface area contributed by atoms with Crippen LogP contribution in [0, 0.1) is 0 Å². The van der Waals surface area contributed by atoms with Crippen molar-refractivity contribution in [2.75, 3.05) is 0 Å². The number of unbranched alkanes of at least 4 members (excludes halogenated alkanes) is 1. The number of aromatic carboxylic acids is 1. The zero-order valence-corrected chi connectivity index (χ0v) is 13.3. The zero-order valence-electron chi connectivity index (χ0n) is 13.3. The van der Waals surface area contributed by atoms with E-state index in [1.165, 1.54) is 0 Å². The maximum atomic E-state index is 11.2. The molecule has 2 aromatic rings. The molecule has 0 bridgehead atoms. The van der Waals surface area contributed by atoms with E-state index in [-0.39, 0.29) is 0 Å². The van der Waals surface area contributed by atoms with Crippen molar-refractivity contribution in [2.45, 2.75) is 58.9 Å². The SMILES string of the molecule is CCCCC(C)n1c(C(C)C)nc2ccc(C(=O)O)cc21. The molecule has 2 rings (SSSR count). The molecule has 21 heavy (non-hydrogen) atoms. The number of hydrogen-bond donors (Lipinski definition) is 1. The van der Waals surface area contributed by atoms with E-state index in [1.54, 1.807) is 12.1 Å². The maximum absolute atomic E-state index is 11.2. The van der Waals surface area contributed by atoms with Crippen molar-refractivity contribution in [1.29, 1.82) is 0 Å². The highest BCUT2D eigenvalue weighted by Gasteiger charge is 2.19. The monoisotopic (exact) mass is 288 g/mol. The summed E-state index contributed by atoms with van der Waals surface area (Å²) in [6.07, 6.45) is 3.41. The van der Waals surface area contributed by atoms with Gasteiger partial charge in [-0.2, -0.15) is 0 Å². The minimum Gasteiger partial charge on any atom is -0.478 e. The minimum absolute atomic E-state index is 0.315. The molecule has 4 nitrogen and oxygen atoms in total. The fraction of sp³-hybridized carbons (Fsp3) is 0.529. The number of aromatic nitrogens is 2. The number of carboxylic acids is 1. The smallest absolute Gasteiger partial charge is 0.335 e. The molecule has 4 heteroatoms. The van der Waals surface area contributed by atoms with Crippen LogP contribution >= 0.6 is 0 Å². The molecule has 0 saturated carbocycles. The van der Waals surface area contributed by atoms with E-state index in [2.05, 4.69) is 32.3 Å². The van der Waals surface area contributed by atoms with Crippen LogP contribution in [-0.2, 0) is 0 Å². The van der Waals surface area contributed by atoms with Crippen LogP contribution in [0.3, 0.4) is 0 Å². The number of rotatable bonds is 6. The Morgan fingerprint density at radius 3 is 2.62 bits per heavy atom. The summed E-state index contributed by atoms with van der Waals surface area (Å²) >= 11 is 0. The molecule has 1 heterocycles. The first kappa shape index (κ1) is 15.5. The third kappa shape index (κ3) is 3.09. The van der Waals surface area contributed by atoms with Crippen molar-refractivity contribution in [1.82, 2.24) is 9.55 Å². The molecule has 1 unspecified atom stereocenters. The van der Waals surface area contributed by atoms with Crippen LogP contribution in [0.2, 0.25) is 0 Å². The number of imidazole rings is 1. The fourth-order valence-corrected chi connectivity index (χ4v) is 2.74. The van der Waals surface area contributed by atoms with E-state index in [4.69, 9.17) is 4.98 Å². The van der Waals surface area contributed by atoms with Gasteiger partial charge in [-0.05, 0) is 31.5 Å². The van der Waals surface area contributed by atoms with Gasteiger partial charge in [0.25, 0.3) is 0 Å². The first-order chi connectivity index (χ1) is 9.95. The largest absolute Gasteiger partial charge is 0.478 e. The summed E-state index contributed by atoms with van der Waals surface area (Å²) in [5, 5.41) is 9.20. The van der Waals surface area contributed by atoms with Crippen LogP contribution in [0.15, 0.2) is 18.2 Å². The molecular formula is C17H24N2O2. The van der Waals surface area contributed by atoms with Crippen molar-refractivity contribution >= 4 is 17.0 Å². The summed E-state index contributed by atoms with van der Waals surface area (Å²) in [6.45, 7) is 8.63. The van der Waals surface area contributed by atoms with Gasteiger partial charge in [0.05, 0.1) is 16.6 Å². The lowest BCUT2D eigenvalue weighted by molar-refractivity contribution is 0.0697. The number of hydrogen-bond acceptors (Lipinski definition) is 2. The van der Waals surface area contributed by atoms with Crippen molar-refractivity contribution in [3.8, 4) is 0 Å². The Morgan fingerprint density at radius 1 is 1.33 bits per heavy atom. The van der Waals surface area contributed by atoms with Crippen LogP contribution in [0.1, 0.15) is 75.1 Å². The lowest BCUT2D eigenvalue weighted by Gasteiger charge is -2.19. The topological polar surface area (TPSA) is 55.1 Å². The van der Waals surface area contributed by atoms with E-state index < -0.39 is 5.97 Å². The third-order valence-corrected chi connectivity index (χ3v) is 3.90. The van der Waals surface area contributed by atoms with Crippen molar-refractivity contribution in [3.63, 3.8) is 0 Å². The summed E-state index contributed by atoms with van der Waals surface area (Å²) in [5.74, 6) is 0.461. The number of carbonyl (C=O) groups is 1. The van der Waals surface area contributed by atoms with Gasteiger partial charge in [0.1, 0.15) is 5.82 Å². The van der Waals surface area contributed by atoms with Gasteiger partial charge in [-0.3, -0.25) is 0 Å². The molecule has 0 saturated heterocycles. The van der Waals surface area contributed by atoms with Gasteiger partial charge in [0, 0.05) is 12.0 Å². The molecule has 1 aromatic carbocycles. The maximum Gasteiger partial charge on any atom is 0.335 e. The lowest BCUT2D eigenvalue weighted by Crippen LogP contribution is -2.11. The zero-order chi connectivity index (χ0) is 15.6. The lowest BCUT2D eigenvalue weighted by atomic mass is 10.1. The fourth-order valence-electron chi connectivity index (χ4n) is 2.74. The van der Waals surface area contributed by atoms with Gasteiger partial charge in [0.2, 0.25) is 0 Å². The number of benzene rings is 1. The second-order valence-corrected chi connectivity index (χ2v) is 5.99. The van der Waals surface area contributed by atoms with Crippen LogP contribution in [0.4, 0.5) is 0 Å². The summed E-state index contributed by atoms with van der Waals surface area (Å²) in [5.41, 5.74) is 2.14. The number of carboxylic acid groups (broad SMARTS) is 1. The molecule has 114 valence electrons. The van der Waals surface area contributed by atoms with E-state index in [9.17, 15) is 9.90 Å². The minimum atomic E-state index is -0.892. The van der Waals surface area contributed by atoms with Crippen molar-refractivity contribution < 1.29 is 9.90 Å². The number of fused-ring (bicyclic) bond motifs is 1. The highest BCUT2D eigenvalue weighted by Crippen LogP contribution is 2.29. The third-order valence-electron chi connectivity index (χ3n) is 3.90. The molecule has 1 N–H and O–H groups in total. The summed E-state index contributed by atoms with van der Waals surface area (Å²) in [4.78, 5) is 15.9. The molecule has 0 fully saturated rings. The molecular weight excluding hydrogens is 264 g/mol. The highest BCUT2D eigenvalue weighted by molar-refractivity contribution is 5.92. The average Bonchev–Trinajstić information content (AvgIpc) is 2.83. The Morgan fingerprint density at radius 2 is 2.05 bits per heavy atom. The van der Waals surface area contributed by atoms with Crippen molar-refractivity contribution in [2.24, 2.45) is 0 Å². The molecule has 0 aliphatic rings. The van der Waals surface area contributed by atoms with Gasteiger partial charge in [-0.15, -0.1) is 0 Å². The quantitative estimate of drug-likeness (QED) is 0.844. The Bertz CT molecular complexity index is 644. The second-order valence-electron chi connectivity index (χ2n) is 5.99. The summed E-state index contributed by atoms with van der Waals surface area (Å²) < 4.78 is 2.22. The van der Waals surface area contributed by atoms with Gasteiger partial charge in [0.15, 0.2) is 0 Å². The first-order valence-electron chi connectivity index (χ1n) is 7.70. The molecule has 0 amide bonds. The standard InChI is InChI=1S/C17H24N2O2/c1-5-6-7-12(4)19-15-10-13(17(20)21)8-9-14(15)18-16(19)11(2)3/h8-12H,5-7H2,1-4H3,(H,20,21). The Hall–Kier alpha value is -1.84. The van der Waals surface area contributed by atoms with Crippen LogP contribution in [0.25, 0.3) is 11.0 Å². The van der Waals surface area contributed by atoms with Crippen LogP contribution in [-0.4, -0.2) is 20.6 Å². The van der Waals surface area contributed by atoms with E-state index in [0.717, 1.165) is 36.1 Å². The molecule has 0 aliphatic heterocycles. The summed E-state index contributed by atoms with van der Waals surface area (Å²) in [6, 6.07) is 5.52. The Balaban J connectivity index is 2.58. The Labute approximate surface area is 125 Å². The Kier molecular flexibility index (Phi) is 4.66. The van der Waals surface area contributed by atoms with Crippen molar-refractivity contribution in [3.05, 3.63) is 29.6 Å². The highest BCUT2D eigenvalue weighted by atomic mass is 16.4. The van der Waals surface area contributed by atoms with Gasteiger partial charge >= 0.3 is 5.97 Å². The van der Waals surface area contributed by atoms with Gasteiger partial charge in [-0.25, -0.2) is 9.78 Å². The van der Waals surface area contributed by atoms with Gasteiger partial charge in [-0.1, -0.05) is 33.6 Å². The normalized spacial score (nSPS) is 13.0. The van der Waals surface area contributed by atoms with Crippen LogP contribution < -0.4 is 0 Å². The van der Waals surface area contributed by atoms with Crippen LogP contribution in [0.5, 0.6) is 0 Å².